The van der Waals surface area contributed by atoms with E-state index in [0.29, 0.717) is 32.0 Å². The van der Waals surface area contributed by atoms with Crippen LogP contribution in [0.5, 0.6) is 0 Å². The summed E-state index contributed by atoms with van der Waals surface area (Å²) in [5.74, 6) is -0.768. The first kappa shape index (κ1) is 14.1. The number of carbonyl (C=O) groups excluding carboxylic acids is 1. The van der Waals surface area contributed by atoms with Crippen molar-refractivity contribution >= 4 is 11.6 Å². The minimum atomic E-state index is -0.644. The van der Waals surface area contributed by atoms with Crippen LogP contribution in [-0.4, -0.2) is 47.5 Å². The van der Waals surface area contributed by atoms with Crippen LogP contribution in [0.15, 0.2) is 23.1 Å². The zero-order chi connectivity index (χ0) is 14.9. The van der Waals surface area contributed by atoms with Gasteiger partial charge < -0.3 is 24.7 Å². The van der Waals surface area contributed by atoms with Gasteiger partial charge >= 0.3 is 0 Å². The van der Waals surface area contributed by atoms with Crippen molar-refractivity contribution in [2.24, 2.45) is 0 Å². The van der Waals surface area contributed by atoms with Crippen LogP contribution in [0.2, 0.25) is 0 Å². The Hall–Kier alpha value is -1.86. The number of carbonyl (C=O) groups is 1. The number of pyridine rings is 1. The minimum Gasteiger partial charge on any atom is -0.398 e. The smallest absolute Gasteiger partial charge is 0.251 e. The second kappa shape index (κ2) is 5.50. The number of aromatic nitrogens is 1. The molecule has 2 aliphatic rings. The number of rotatable bonds is 2. The van der Waals surface area contributed by atoms with Crippen LogP contribution in [0.4, 0.5) is 5.69 Å². The van der Waals surface area contributed by atoms with Gasteiger partial charge in [-0.15, -0.1) is 0 Å². The van der Waals surface area contributed by atoms with Gasteiger partial charge in [-0.2, -0.15) is 0 Å². The highest BCUT2D eigenvalue weighted by Crippen LogP contribution is 2.30. The molecule has 7 nitrogen and oxygen atoms in total. The van der Waals surface area contributed by atoms with Gasteiger partial charge in [0.05, 0.1) is 19.8 Å². The second-order valence-corrected chi connectivity index (χ2v) is 5.46. The molecule has 0 radical (unpaired) electrons. The Morgan fingerprint density at radius 3 is 2.86 bits per heavy atom. The molecule has 2 N–H and O–H groups in total. The van der Waals surface area contributed by atoms with Crippen molar-refractivity contribution in [2.45, 2.75) is 25.2 Å². The van der Waals surface area contributed by atoms with Crippen LogP contribution in [0.25, 0.3) is 0 Å². The van der Waals surface area contributed by atoms with Crippen LogP contribution in [0.1, 0.15) is 12.8 Å². The lowest BCUT2D eigenvalue weighted by molar-refractivity contribution is -0.193. The summed E-state index contributed by atoms with van der Waals surface area (Å²) in [7, 11) is 0. The van der Waals surface area contributed by atoms with E-state index in [4.69, 9.17) is 15.2 Å². The number of nitrogens with zero attached hydrogens (tertiary/aromatic N) is 2. The van der Waals surface area contributed by atoms with E-state index in [-0.39, 0.29) is 18.0 Å². The van der Waals surface area contributed by atoms with Gasteiger partial charge in [-0.3, -0.25) is 9.59 Å². The third kappa shape index (κ3) is 2.93. The Morgan fingerprint density at radius 2 is 2.10 bits per heavy atom. The molecular formula is C14H19N3O4. The molecule has 0 atom stereocenters. The number of hydrogen-bond donors (Lipinski definition) is 1. The summed E-state index contributed by atoms with van der Waals surface area (Å²) in [6.45, 7) is 2.20. The fraction of sp³-hybridized carbons (Fsp3) is 0.571. The van der Waals surface area contributed by atoms with E-state index in [2.05, 4.69) is 0 Å². The Balaban J connectivity index is 1.70. The average Bonchev–Trinajstić information content (AvgIpc) is 2.91. The van der Waals surface area contributed by atoms with Gasteiger partial charge in [0.1, 0.15) is 6.54 Å². The fourth-order valence-corrected chi connectivity index (χ4v) is 2.85. The van der Waals surface area contributed by atoms with Gasteiger partial charge in [0.15, 0.2) is 5.79 Å². The molecule has 21 heavy (non-hydrogen) atoms. The van der Waals surface area contributed by atoms with Crippen molar-refractivity contribution in [3.63, 3.8) is 0 Å². The number of ether oxygens (including phenoxy) is 2. The highest BCUT2D eigenvalue weighted by molar-refractivity contribution is 5.76. The maximum absolute atomic E-state index is 12.4. The Kier molecular flexibility index (Phi) is 3.69. The summed E-state index contributed by atoms with van der Waals surface area (Å²) in [5, 5.41) is 0. The standard InChI is InChI=1S/C14H19N3O4/c15-11-2-3-12(18)17(8-11)9-13(19)16-5-1-4-14(10-16)20-6-7-21-14/h2-3,8H,1,4-7,9-10,15H2. The topological polar surface area (TPSA) is 86.8 Å². The van der Waals surface area contributed by atoms with E-state index in [9.17, 15) is 9.59 Å². The number of anilines is 1. The third-order valence-electron chi connectivity index (χ3n) is 3.90. The largest absolute Gasteiger partial charge is 0.398 e. The second-order valence-electron chi connectivity index (χ2n) is 5.46. The number of nitrogens with two attached hydrogens (primary N) is 1. The molecule has 0 aromatic carbocycles. The highest BCUT2D eigenvalue weighted by atomic mass is 16.7. The summed E-state index contributed by atoms with van der Waals surface area (Å²) in [4.78, 5) is 25.8. The molecule has 2 saturated heterocycles. The highest BCUT2D eigenvalue weighted by Gasteiger charge is 2.41. The predicted molar refractivity (Wildman–Crippen MR) is 75.6 cm³/mol. The normalized spacial score (nSPS) is 20.9. The van der Waals surface area contributed by atoms with Crippen LogP contribution in [-0.2, 0) is 20.8 Å². The summed E-state index contributed by atoms with van der Waals surface area (Å²) >= 11 is 0. The Labute approximate surface area is 122 Å². The van der Waals surface area contributed by atoms with Crippen LogP contribution in [0.3, 0.4) is 0 Å². The molecule has 2 fully saturated rings. The van der Waals surface area contributed by atoms with Gasteiger partial charge in [-0.25, -0.2) is 0 Å². The lowest BCUT2D eigenvalue weighted by Gasteiger charge is -2.38. The van der Waals surface area contributed by atoms with Crippen molar-refractivity contribution in [1.29, 1.82) is 0 Å². The average molecular weight is 293 g/mol. The molecule has 1 amide bonds. The molecule has 7 heteroatoms. The monoisotopic (exact) mass is 293 g/mol. The van der Waals surface area contributed by atoms with Crippen LogP contribution in [0, 0.1) is 0 Å². The van der Waals surface area contributed by atoms with Gasteiger partial charge in [0.2, 0.25) is 5.91 Å². The zero-order valence-electron chi connectivity index (χ0n) is 11.8. The molecule has 1 aromatic rings. The summed E-state index contributed by atoms with van der Waals surface area (Å²) < 4.78 is 12.6. The van der Waals surface area contributed by atoms with Crippen LogP contribution < -0.4 is 11.3 Å². The van der Waals surface area contributed by atoms with Crippen LogP contribution >= 0.6 is 0 Å². The summed E-state index contributed by atoms with van der Waals surface area (Å²) in [6, 6.07) is 2.89. The lowest BCUT2D eigenvalue weighted by Crippen LogP contribution is -2.52. The number of amides is 1. The van der Waals surface area contributed by atoms with Crippen molar-refractivity contribution in [2.75, 3.05) is 32.0 Å². The van der Waals surface area contributed by atoms with E-state index < -0.39 is 5.79 Å². The first-order valence-corrected chi connectivity index (χ1v) is 7.10. The van der Waals surface area contributed by atoms with Crippen molar-refractivity contribution < 1.29 is 14.3 Å². The molecule has 0 bridgehead atoms. The molecule has 0 unspecified atom stereocenters. The van der Waals surface area contributed by atoms with Gasteiger partial charge in [-0.05, 0) is 12.5 Å². The van der Waals surface area contributed by atoms with E-state index in [0.717, 1.165) is 12.8 Å². The number of piperidine rings is 1. The maximum Gasteiger partial charge on any atom is 0.251 e. The number of hydrogen-bond acceptors (Lipinski definition) is 5. The van der Waals surface area contributed by atoms with Gasteiger partial charge in [0, 0.05) is 30.9 Å². The fourth-order valence-electron chi connectivity index (χ4n) is 2.85. The van der Waals surface area contributed by atoms with Crippen molar-refractivity contribution in [3.8, 4) is 0 Å². The third-order valence-corrected chi connectivity index (χ3v) is 3.90. The van der Waals surface area contributed by atoms with E-state index in [1.54, 1.807) is 4.90 Å². The van der Waals surface area contributed by atoms with E-state index >= 15 is 0 Å². The van der Waals surface area contributed by atoms with Crippen molar-refractivity contribution in [3.05, 3.63) is 28.7 Å². The SMILES string of the molecule is Nc1ccc(=O)n(CC(=O)N2CCCC3(C2)OCCO3)c1. The summed E-state index contributed by atoms with van der Waals surface area (Å²) in [5.41, 5.74) is 5.87. The molecular weight excluding hydrogens is 274 g/mol. The predicted octanol–water partition coefficient (Wildman–Crippen LogP) is -0.204. The molecule has 114 valence electrons. The minimum absolute atomic E-state index is 0.0139. The zero-order valence-corrected chi connectivity index (χ0v) is 11.8. The molecule has 3 rings (SSSR count). The molecule has 0 saturated carbocycles. The number of nitrogen functional groups attached to an aromatic ring is 1. The lowest BCUT2D eigenvalue weighted by atomic mass is 10.0. The summed E-state index contributed by atoms with van der Waals surface area (Å²) in [6.07, 6.45) is 3.12. The maximum atomic E-state index is 12.4. The Bertz CT molecular complexity index is 592. The molecule has 2 aliphatic heterocycles. The van der Waals surface area contributed by atoms with Gasteiger partial charge in [0.25, 0.3) is 5.56 Å². The first-order valence-electron chi connectivity index (χ1n) is 7.10. The molecule has 1 aromatic heterocycles. The van der Waals surface area contributed by atoms with Crippen molar-refractivity contribution in [1.82, 2.24) is 9.47 Å². The number of likely N-dealkylation sites (tertiary alicyclic amines) is 1. The van der Waals surface area contributed by atoms with E-state index in [1.807, 2.05) is 0 Å². The van der Waals surface area contributed by atoms with Gasteiger partial charge in [-0.1, -0.05) is 0 Å². The first-order chi connectivity index (χ1) is 10.1. The molecule has 3 heterocycles. The molecule has 0 aliphatic carbocycles. The van der Waals surface area contributed by atoms with E-state index in [1.165, 1.54) is 22.9 Å². The quantitative estimate of drug-likeness (QED) is 0.815. The Morgan fingerprint density at radius 1 is 1.33 bits per heavy atom. The molecule has 1 spiro atoms.